The molecule has 1 amide bonds. The molecule has 2 rings (SSSR count). The lowest BCUT2D eigenvalue weighted by molar-refractivity contribution is 0.0950. The number of hydrogen-bond acceptors (Lipinski definition) is 3. The third kappa shape index (κ3) is 5.97. The van der Waals surface area contributed by atoms with Crippen molar-refractivity contribution in [2.45, 2.75) is 63.3 Å². The molecule has 0 atom stereocenters. The van der Waals surface area contributed by atoms with E-state index < -0.39 is 10.0 Å². The van der Waals surface area contributed by atoms with Gasteiger partial charge in [-0.15, -0.1) is 0 Å². The Morgan fingerprint density at radius 2 is 1.92 bits per heavy atom. The number of halogens is 1. The first-order valence-corrected chi connectivity index (χ1v) is 10.8. The van der Waals surface area contributed by atoms with Crippen LogP contribution in [0.15, 0.2) is 23.1 Å². The first kappa shape index (κ1) is 20.2. The predicted molar refractivity (Wildman–Crippen MR) is 100 cm³/mol. The van der Waals surface area contributed by atoms with Crippen molar-refractivity contribution >= 4 is 27.5 Å². The molecule has 0 bridgehead atoms. The number of benzene rings is 1. The van der Waals surface area contributed by atoms with Gasteiger partial charge in [-0.2, -0.15) is 0 Å². The Bertz CT molecular complexity index is 698. The van der Waals surface area contributed by atoms with Gasteiger partial charge in [0.15, 0.2) is 0 Å². The minimum Gasteiger partial charge on any atom is -0.352 e. The van der Waals surface area contributed by atoms with Crippen LogP contribution in [-0.2, 0) is 10.0 Å². The number of nitrogens with one attached hydrogen (secondary N) is 2. The summed E-state index contributed by atoms with van der Waals surface area (Å²) in [4.78, 5) is 12.4. The van der Waals surface area contributed by atoms with Crippen molar-refractivity contribution in [1.29, 1.82) is 0 Å². The highest BCUT2D eigenvalue weighted by Gasteiger charge is 2.20. The highest BCUT2D eigenvalue weighted by Crippen LogP contribution is 2.26. The molecule has 2 N–H and O–H groups in total. The Kier molecular flexibility index (Phi) is 7.28. The highest BCUT2D eigenvalue weighted by molar-refractivity contribution is 7.89. The zero-order valence-corrected chi connectivity index (χ0v) is 16.4. The van der Waals surface area contributed by atoms with E-state index in [1.165, 1.54) is 50.3 Å². The van der Waals surface area contributed by atoms with E-state index in [-0.39, 0.29) is 27.4 Å². The van der Waals surface area contributed by atoms with Gasteiger partial charge in [0.1, 0.15) is 0 Å². The summed E-state index contributed by atoms with van der Waals surface area (Å²) in [7, 11) is -3.66. The Labute approximate surface area is 155 Å². The predicted octanol–water partition coefficient (Wildman–Crippen LogP) is 3.73. The standard InChI is InChI=1S/C18H27ClN2O3S/c1-13(2)21-25(23,24)15-8-9-17(19)16(12-15)18(22)20-11-10-14-6-4-3-5-7-14/h8-9,12-14,21H,3-7,10-11H2,1-2H3,(H,20,22). The van der Waals surface area contributed by atoms with E-state index in [4.69, 9.17) is 11.6 Å². The molecule has 0 radical (unpaired) electrons. The summed E-state index contributed by atoms with van der Waals surface area (Å²) >= 11 is 6.10. The molecule has 1 saturated carbocycles. The van der Waals surface area contributed by atoms with E-state index in [9.17, 15) is 13.2 Å². The molecule has 0 saturated heterocycles. The Morgan fingerprint density at radius 3 is 2.56 bits per heavy atom. The third-order valence-electron chi connectivity index (χ3n) is 4.45. The highest BCUT2D eigenvalue weighted by atomic mass is 35.5. The fourth-order valence-electron chi connectivity index (χ4n) is 3.18. The topological polar surface area (TPSA) is 75.3 Å². The molecule has 140 valence electrons. The molecule has 0 heterocycles. The molecular weight excluding hydrogens is 360 g/mol. The number of hydrogen-bond donors (Lipinski definition) is 2. The van der Waals surface area contributed by atoms with Crippen molar-refractivity contribution < 1.29 is 13.2 Å². The zero-order valence-electron chi connectivity index (χ0n) is 14.8. The zero-order chi connectivity index (χ0) is 18.4. The van der Waals surface area contributed by atoms with E-state index in [1.807, 2.05) is 0 Å². The lowest BCUT2D eigenvalue weighted by Gasteiger charge is -2.21. The maximum Gasteiger partial charge on any atom is 0.252 e. The number of rotatable bonds is 7. The summed E-state index contributed by atoms with van der Waals surface area (Å²) in [6.45, 7) is 4.07. The van der Waals surface area contributed by atoms with Crippen LogP contribution in [0.1, 0.15) is 62.7 Å². The minimum absolute atomic E-state index is 0.0445. The van der Waals surface area contributed by atoms with Crippen molar-refractivity contribution in [3.05, 3.63) is 28.8 Å². The van der Waals surface area contributed by atoms with Crippen LogP contribution in [0.5, 0.6) is 0 Å². The van der Waals surface area contributed by atoms with Crippen LogP contribution in [0.25, 0.3) is 0 Å². The van der Waals surface area contributed by atoms with E-state index in [0.29, 0.717) is 12.5 Å². The second-order valence-corrected chi connectivity index (χ2v) is 9.09. The summed E-state index contributed by atoms with van der Waals surface area (Å²) < 4.78 is 27.0. The fourth-order valence-corrected chi connectivity index (χ4v) is 4.67. The lowest BCUT2D eigenvalue weighted by atomic mass is 9.87. The van der Waals surface area contributed by atoms with Crippen LogP contribution in [-0.4, -0.2) is 26.9 Å². The van der Waals surface area contributed by atoms with Gasteiger partial charge >= 0.3 is 0 Å². The summed E-state index contributed by atoms with van der Waals surface area (Å²) in [5, 5.41) is 3.12. The largest absolute Gasteiger partial charge is 0.352 e. The van der Waals surface area contributed by atoms with Crippen molar-refractivity contribution in [3.8, 4) is 0 Å². The van der Waals surface area contributed by atoms with Gasteiger partial charge in [-0.3, -0.25) is 4.79 Å². The lowest BCUT2D eigenvalue weighted by Crippen LogP contribution is -2.31. The van der Waals surface area contributed by atoms with E-state index in [2.05, 4.69) is 10.0 Å². The second kappa shape index (κ2) is 9.01. The van der Waals surface area contributed by atoms with Gasteiger partial charge in [0.25, 0.3) is 5.91 Å². The van der Waals surface area contributed by atoms with Crippen LogP contribution < -0.4 is 10.0 Å². The van der Waals surface area contributed by atoms with Gasteiger partial charge < -0.3 is 5.32 Å². The average Bonchev–Trinajstić information content (AvgIpc) is 2.54. The number of amides is 1. The van der Waals surface area contributed by atoms with Gasteiger partial charge in [-0.05, 0) is 44.4 Å². The van der Waals surface area contributed by atoms with Crippen LogP contribution in [0, 0.1) is 5.92 Å². The van der Waals surface area contributed by atoms with Crippen LogP contribution >= 0.6 is 11.6 Å². The van der Waals surface area contributed by atoms with E-state index >= 15 is 0 Å². The number of carbonyl (C=O) groups excluding carboxylic acids is 1. The molecule has 1 fully saturated rings. The summed E-state index contributed by atoms with van der Waals surface area (Å²) in [6.07, 6.45) is 7.26. The summed E-state index contributed by atoms with van der Waals surface area (Å²) in [6, 6.07) is 3.97. The molecule has 1 aliphatic carbocycles. The van der Waals surface area contributed by atoms with Crippen LogP contribution in [0.4, 0.5) is 0 Å². The molecule has 0 unspecified atom stereocenters. The molecule has 25 heavy (non-hydrogen) atoms. The average molecular weight is 387 g/mol. The van der Waals surface area contributed by atoms with Crippen LogP contribution in [0.2, 0.25) is 5.02 Å². The SMILES string of the molecule is CC(C)NS(=O)(=O)c1ccc(Cl)c(C(=O)NCCC2CCCCC2)c1. The molecular formula is C18H27ClN2O3S. The molecule has 7 heteroatoms. The number of sulfonamides is 1. The van der Waals surface area contributed by atoms with Crippen molar-refractivity contribution in [2.24, 2.45) is 5.92 Å². The molecule has 1 aromatic rings. The van der Waals surface area contributed by atoms with Gasteiger partial charge in [0, 0.05) is 12.6 Å². The van der Waals surface area contributed by atoms with Crippen molar-refractivity contribution in [2.75, 3.05) is 6.54 Å². The normalized spacial score (nSPS) is 16.2. The number of carbonyl (C=O) groups is 1. The monoisotopic (exact) mass is 386 g/mol. The maximum absolute atomic E-state index is 12.4. The minimum atomic E-state index is -3.66. The second-order valence-electron chi connectivity index (χ2n) is 6.97. The van der Waals surface area contributed by atoms with Gasteiger partial charge in [0.05, 0.1) is 15.5 Å². The molecule has 0 aromatic heterocycles. The Hall–Kier alpha value is -1.11. The molecule has 0 spiro atoms. The summed E-state index contributed by atoms with van der Waals surface area (Å²) in [5.74, 6) is 0.342. The molecule has 1 aliphatic rings. The fraction of sp³-hybridized carbons (Fsp3) is 0.611. The Balaban J connectivity index is 2.02. The van der Waals surface area contributed by atoms with Crippen molar-refractivity contribution in [3.63, 3.8) is 0 Å². The molecule has 5 nitrogen and oxygen atoms in total. The smallest absolute Gasteiger partial charge is 0.252 e. The quantitative estimate of drug-likeness (QED) is 0.749. The maximum atomic E-state index is 12.4. The first-order chi connectivity index (χ1) is 11.8. The first-order valence-electron chi connectivity index (χ1n) is 8.89. The molecule has 1 aromatic carbocycles. The van der Waals surface area contributed by atoms with E-state index in [1.54, 1.807) is 13.8 Å². The van der Waals surface area contributed by atoms with E-state index in [0.717, 1.165) is 6.42 Å². The third-order valence-corrected chi connectivity index (χ3v) is 6.43. The van der Waals surface area contributed by atoms with Crippen LogP contribution in [0.3, 0.4) is 0 Å². The summed E-state index contributed by atoms with van der Waals surface area (Å²) in [5.41, 5.74) is 0.192. The van der Waals surface area contributed by atoms with Crippen molar-refractivity contribution in [1.82, 2.24) is 10.0 Å². The van der Waals surface area contributed by atoms with Gasteiger partial charge in [0.2, 0.25) is 10.0 Å². The molecule has 0 aliphatic heterocycles. The van der Waals surface area contributed by atoms with Gasteiger partial charge in [-0.1, -0.05) is 43.7 Å². The van der Waals surface area contributed by atoms with Gasteiger partial charge in [-0.25, -0.2) is 13.1 Å². The Morgan fingerprint density at radius 1 is 1.24 bits per heavy atom.